The Morgan fingerprint density at radius 3 is 2.66 bits per heavy atom. The van der Waals surface area contributed by atoms with Crippen molar-refractivity contribution in [2.45, 2.75) is 20.3 Å². The first-order chi connectivity index (χ1) is 13.6. The first-order valence-corrected chi connectivity index (χ1v) is 9.34. The Balaban J connectivity index is 0.00000420. The van der Waals surface area contributed by atoms with Gasteiger partial charge in [0.15, 0.2) is 5.96 Å². The Labute approximate surface area is 188 Å². The number of halogens is 2. The van der Waals surface area contributed by atoms with Gasteiger partial charge < -0.3 is 20.7 Å². The number of hydrogen-bond donors (Lipinski definition) is 3. The quantitative estimate of drug-likeness (QED) is 0.207. The first kappa shape index (κ1) is 24.7. The van der Waals surface area contributed by atoms with Crippen LogP contribution < -0.4 is 20.7 Å². The highest BCUT2D eigenvalue weighted by atomic mass is 127. The van der Waals surface area contributed by atoms with E-state index < -0.39 is 0 Å². The van der Waals surface area contributed by atoms with Crippen LogP contribution >= 0.6 is 24.0 Å². The van der Waals surface area contributed by atoms with Crippen LogP contribution in [0, 0.1) is 5.82 Å². The van der Waals surface area contributed by atoms with Crippen LogP contribution in [0.25, 0.3) is 0 Å². The van der Waals surface area contributed by atoms with Crippen LogP contribution in [0.2, 0.25) is 0 Å². The van der Waals surface area contributed by atoms with Gasteiger partial charge in [-0.15, -0.1) is 24.0 Å². The molecule has 0 aliphatic heterocycles. The SMILES string of the molecule is CCNC(=NCCc1cccc(F)c1)NCCOc1cccc(NC(C)=O)c1.I. The summed E-state index contributed by atoms with van der Waals surface area (Å²) in [6.45, 7) is 5.76. The summed E-state index contributed by atoms with van der Waals surface area (Å²) in [6.07, 6.45) is 0.667. The number of nitrogens with zero attached hydrogens (tertiary/aromatic N) is 1. The van der Waals surface area contributed by atoms with Crippen LogP contribution in [-0.4, -0.2) is 38.1 Å². The van der Waals surface area contributed by atoms with E-state index in [9.17, 15) is 9.18 Å². The Hall–Kier alpha value is -2.36. The number of guanidine groups is 1. The number of amides is 1. The second-order valence-corrected chi connectivity index (χ2v) is 6.12. The molecule has 0 aliphatic carbocycles. The molecule has 0 unspecified atom stereocenters. The molecule has 0 fully saturated rings. The molecular formula is C21H28FIN4O2. The van der Waals surface area contributed by atoms with Crippen LogP contribution in [0.4, 0.5) is 10.1 Å². The maximum absolute atomic E-state index is 13.2. The Morgan fingerprint density at radius 1 is 1.14 bits per heavy atom. The number of anilines is 1. The third-order valence-electron chi connectivity index (χ3n) is 3.72. The van der Waals surface area contributed by atoms with Gasteiger partial charge in [0.25, 0.3) is 0 Å². The summed E-state index contributed by atoms with van der Waals surface area (Å²) in [5.41, 5.74) is 1.62. The molecule has 0 aliphatic rings. The van der Waals surface area contributed by atoms with E-state index in [2.05, 4.69) is 20.9 Å². The standard InChI is InChI=1S/C21H27FN4O2.HI/c1-3-23-21(24-11-10-17-6-4-7-18(22)14-17)25-12-13-28-20-9-5-8-19(15-20)26-16(2)27;/h4-9,14-15H,3,10-13H2,1-2H3,(H,26,27)(H2,23,24,25);1H. The number of carbonyl (C=O) groups excluding carboxylic acids is 1. The minimum absolute atomic E-state index is 0. The van der Waals surface area contributed by atoms with Crippen LogP contribution in [-0.2, 0) is 11.2 Å². The molecule has 0 radical (unpaired) electrons. The van der Waals surface area contributed by atoms with Crippen molar-refractivity contribution in [3.8, 4) is 5.75 Å². The van der Waals surface area contributed by atoms with Gasteiger partial charge in [0, 0.05) is 31.8 Å². The number of rotatable bonds is 9. The van der Waals surface area contributed by atoms with E-state index in [1.807, 2.05) is 25.1 Å². The predicted molar refractivity (Wildman–Crippen MR) is 126 cm³/mol. The lowest BCUT2D eigenvalue weighted by molar-refractivity contribution is -0.114. The third kappa shape index (κ3) is 10.1. The van der Waals surface area contributed by atoms with Crippen molar-refractivity contribution in [2.75, 3.05) is 31.6 Å². The van der Waals surface area contributed by atoms with Crippen molar-refractivity contribution in [3.63, 3.8) is 0 Å². The van der Waals surface area contributed by atoms with Crippen LogP contribution in [0.15, 0.2) is 53.5 Å². The summed E-state index contributed by atoms with van der Waals surface area (Å²) < 4.78 is 18.9. The average Bonchev–Trinajstić information content (AvgIpc) is 2.65. The molecule has 158 valence electrons. The van der Waals surface area contributed by atoms with Gasteiger partial charge in [-0.25, -0.2) is 4.39 Å². The zero-order chi connectivity index (χ0) is 20.2. The van der Waals surface area contributed by atoms with Crippen LogP contribution in [0.5, 0.6) is 5.75 Å². The fourth-order valence-corrected chi connectivity index (χ4v) is 2.54. The summed E-state index contributed by atoms with van der Waals surface area (Å²) >= 11 is 0. The van der Waals surface area contributed by atoms with E-state index in [-0.39, 0.29) is 35.7 Å². The van der Waals surface area contributed by atoms with Gasteiger partial charge >= 0.3 is 0 Å². The topological polar surface area (TPSA) is 74.8 Å². The summed E-state index contributed by atoms with van der Waals surface area (Å²) in [4.78, 5) is 15.6. The van der Waals surface area contributed by atoms with Gasteiger partial charge in [0.2, 0.25) is 5.91 Å². The number of hydrogen-bond acceptors (Lipinski definition) is 3. The molecule has 3 N–H and O–H groups in total. The second-order valence-electron chi connectivity index (χ2n) is 6.12. The molecule has 6 nitrogen and oxygen atoms in total. The number of carbonyl (C=O) groups is 1. The molecule has 2 aromatic rings. The first-order valence-electron chi connectivity index (χ1n) is 9.34. The number of nitrogens with one attached hydrogen (secondary N) is 3. The van der Waals surface area contributed by atoms with Crippen molar-refractivity contribution in [2.24, 2.45) is 4.99 Å². The van der Waals surface area contributed by atoms with E-state index in [0.717, 1.165) is 12.1 Å². The molecule has 2 rings (SSSR count). The van der Waals surface area contributed by atoms with Gasteiger partial charge in [0.05, 0.1) is 6.54 Å². The van der Waals surface area contributed by atoms with Crippen molar-refractivity contribution >= 4 is 41.5 Å². The zero-order valence-corrected chi connectivity index (χ0v) is 19.0. The molecule has 0 saturated carbocycles. The fourth-order valence-electron chi connectivity index (χ4n) is 2.54. The van der Waals surface area contributed by atoms with E-state index in [1.165, 1.54) is 19.1 Å². The Morgan fingerprint density at radius 2 is 1.93 bits per heavy atom. The average molecular weight is 514 g/mol. The molecule has 0 atom stereocenters. The highest BCUT2D eigenvalue weighted by Crippen LogP contribution is 2.17. The minimum atomic E-state index is -0.230. The Kier molecular flexibility index (Phi) is 11.7. The number of benzene rings is 2. The molecule has 2 aromatic carbocycles. The molecule has 29 heavy (non-hydrogen) atoms. The largest absolute Gasteiger partial charge is 0.492 e. The van der Waals surface area contributed by atoms with Gasteiger partial charge in [0.1, 0.15) is 18.2 Å². The predicted octanol–water partition coefficient (Wildman–Crippen LogP) is 3.58. The zero-order valence-electron chi connectivity index (χ0n) is 16.7. The molecule has 8 heteroatoms. The molecule has 0 bridgehead atoms. The molecule has 1 amide bonds. The van der Waals surface area contributed by atoms with Gasteiger partial charge in [-0.2, -0.15) is 0 Å². The van der Waals surface area contributed by atoms with Crippen molar-refractivity contribution < 1.29 is 13.9 Å². The molecule has 0 saturated heterocycles. The third-order valence-corrected chi connectivity index (χ3v) is 3.72. The van der Waals surface area contributed by atoms with Gasteiger partial charge in [-0.1, -0.05) is 18.2 Å². The lowest BCUT2D eigenvalue weighted by Gasteiger charge is -2.12. The highest BCUT2D eigenvalue weighted by molar-refractivity contribution is 14.0. The van der Waals surface area contributed by atoms with Gasteiger partial charge in [-0.3, -0.25) is 9.79 Å². The number of aliphatic imine (C=N–C) groups is 1. The minimum Gasteiger partial charge on any atom is -0.492 e. The van der Waals surface area contributed by atoms with E-state index in [1.54, 1.807) is 18.2 Å². The van der Waals surface area contributed by atoms with Crippen molar-refractivity contribution in [1.29, 1.82) is 0 Å². The van der Waals surface area contributed by atoms with Crippen LogP contribution in [0.1, 0.15) is 19.4 Å². The molecule has 0 aromatic heterocycles. The van der Waals surface area contributed by atoms with Crippen LogP contribution in [0.3, 0.4) is 0 Å². The maximum Gasteiger partial charge on any atom is 0.221 e. The monoisotopic (exact) mass is 514 g/mol. The fraction of sp³-hybridized carbons (Fsp3) is 0.333. The smallest absolute Gasteiger partial charge is 0.221 e. The lowest BCUT2D eigenvalue weighted by atomic mass is 10.1. The summed E-state index contributed by atoms with van der Waals surface area (Å²) in [5.74, 6) is 1.02. The van der Waals surface area contributed by atoms with Crippen molar-refractivity contribution in [3.05, 3.63) is 59.9 Å². The molecular weight excluding hydrogens is 486 g/mol. The van der Waals surface area contributed by atoms with E-state index in [0.29, 0.717) is 43.5 Å². The normalized spacial score (nSPS) is 10.7. The van der Waals surface area contributed by atoms with E-state index in [4.69, 9.17) is 4.74 Å². The highest BCUT2D eigenvalue weighted by Gasteiger charge is 2.01. The molecule has 0 spiro atoms. The van der Waals surface area contributed by atoms with Gasteiger partial charge in [-0.05, 0) is 43.2 Å². The summed E-state index contributed by atoms with van der Waals surface area (Å²) in [7, 11) is 0. The second kappa shape index (κ2) is 13.8. The van der Waals surface area contributed by atoms with E-state index >= 15 is 0 Å². The lowest BCUT2D eigenvalue weighted by Crippen LogP contribution is -2.39. The maximum atomic E-state index is 13.2. The molecule has 0 heterocycles. The Bertz CT molecular complexity index is 802. The van der Waals surface area contributed by atoms with Crippen molar-refractivity contribution in [1.82, 2.24) is 10.6 Å². The summed E-state index contributed by atoms with van der Waals surface area (Å²) in [5, 5.41) is 9.10. The summed E-state index contributed by atoms with van der Waals surface area (Å²) in [6, 6.07) is 13.8. The number of ether oxygens (including phenoxy) is 1.